The molecule has 3 aliphatic rings. The quantitative estimate of drug-likeness (QED) is 0.361. The molecule has 37 heavy (non-hydrogen) atoms. The second-order valence-corrected chi connectivity index (χ2v) is 13.7. The number of fused-ring (bicyclic) bond motifs is 1. The van der Waals surface area contributed by atoms with Crippen molar-refractivity contribution in [3.05, 3.63) is 0 Å². The molecule has 1 heterocycles. The highest BCUT2D eigenvalue weighted by molar-refractivity contribution is 6.38. The van der Waals surface area contributed by atoms with Gasteiger partial charge in [-0.25, -0.2) is 4.79 Å². The van der Waals surface area contributed by atoms with E-state index in [1.54, 1.807) is 4.90 Å². The number of nitrogens with zero attached hydrogens (tertiary/aromatic N) is 1. The number of urea groups is 1. The number of amides is 5. The van der Waals surface area contributed by atoms with Crippen LogP contribution in [-0.4, -0.2) is 71.7 Å². The zero-order valence-electron chi connectivity index (χ0n) is 23.8. The van der Waals surface area contributed by atoms with Crippen LogP contribution in [0.1, 0.15) is 74.7 Å². The number of ketones is 1. The molecule has 3 fully saturated rings. The summed E-state index contributed by atoms with van der Waals surface area (Å²) in [5, 5.41) is 10.9. The van der Waals surface area contributed by atoms with Crippen LogP contribution >= 0.6 is 0 Å². The van der Waals surface area contributed by atoms with Crippen molar-refractivity contribution in [3.8, 4) is 0 Å². The van der Waals surface area contributed by atoms with E-state index in [-0.39, 0.29) is 23.2 Å². The van der Waals surface area contributed by atoms with Gasteiger partial charge in [0.25, 0.3) is 5.91 Å². The summed E-state index contributed by atoms with van der Waals surface area (Å²) in [4.78, 5) is 66.7. The van der Waals surface area contributed by atoms with Crippen molar-refractivity contribution in [1.29, 1.82) is 0 Å². The topological polar surface area (TPSA) is 137 Å². The van der Waals surface area contributed by atoms with Crippen LogP contribution < -0.4 is 21.3 Å². The van der Waals surface area contributed by atoms with Crippen LogP contribution in [0.5, 0.6) is 0 Å². The number of Topliss-reactive ketones (excluding diaryl/α,β-unsaturated/α-hetero) is 1. The lowest BCUT2D eigenvalue weighted by Gasteiger charge is -2.38. The fourth-order valence-electron chi connectivity index (χ4n) is 5.59. The van der Waals surface area contributed by atoms with E-state index >= 15 is 0 Å². The molecule has 2 saturated carbocycles. The first-order chi connectivity index (χ1) is 16.9. The molecule has 5 amide bonds. The summed E-state index contributed by atoms with van der Waals surface area (Å²) in [7, 11) is 1.39. The molecule has 5 atom stereocenters. The standard InChI is InChI=1S/C27H45N5O5/c1-25(2,3)20(30-24(37)31-26(4,5)6)23(36)32-13-15-17(27(15,7)8)18(32)21(34)29-16(12-14-10-11-14)19(33)22(35)28-9/h14-18,20H,10-13H2,1-9H3,(H,28,35)(H,29,34)(H2,30,31,37)/t15?,16?,17-,18-,20?/m0/s1. The van der Waals surface area contributed by atoms with Crippen LogP contribution in [0.25, 0.3) is 0 Å². The Morgan fingerprint density at radius 2 is 1.57 bits per heavy atom. The fourth-order valence-corrected chi connectivity index (χ4v) is 5.59. The molecular formula is C27H45N5O5. The predicted octanol–water partition coefficient (Wildman–Crippen LogP) is 1.58. The first-order valence-corrected chi connectivity index (χ1v) is 13.3. The van der Waals surface area contributed by atoms with Gasteiger partial charge >= 0.3 is 6.03 Å². The van der Waals surface area contributed by atoms with Crippen molar-refractivity contribution in [2.24, 2.45) is 28.6 Å². The summed E-state index contributed by atoms with van der Waals surface area (Å²) in [6.45, 7) is 15.7. The molecule has 0 radical (unpaired) electrons. The highest BCUT2D eigenvalue weighted by Gasteiger charge is 2.70. The monoisotopic (exact) mass is 519 g/mol. The smallest absolute Gasteiger partial charge is 0.315 e. The number of carbonyl (C=O) groups is 5. The van der Waals surface area contributed by atoms with E-state index in [1.165, 1.54) is 7.05 Å². The minimum absolute atomic E-state index is 0.0582. The molecule has 0 aromatic rings. The van der Waals surface area contributed by atoms with E-state index in [2.05, 4.69) is 35.1 Å². The SMILES string of the molecule is CNC(=O)C(=O)C(CC1CC1)NC(=O)[C@@H]1[C@@H]2C(CN1C(=O)C(NC(=O)NC(C)(C)C)C(C)(C)C)C2(C)C. The Morgan fingerprint density at radius 3 is 2.05 bits per heavy atom. The van der Waals surface area contributed by atoms with Crippen molar-refractivity contribution < 1.29 is 24.0 Å². The molecular weight excluding hydrogens is 474 g/mol. The van der Waals surface area contributed by atoms with Crippen molar-refractivity contribution in [2.75, 3.05) is 13.6 Å². The van der Waals surface area contributed by atoms with Crippen molar-refractivity contribution in [2.45, 2.75) is 98.3 Å². The normalized spacial score (nSPS) is 25.9. The maximum atomic E-state index is 13.9. The third kappa shape index (κ3) is 6.44. The molecule has 10 nitrogen and oxygen atoms in total. The van der Waals surface area contributed by atoms with Crippen LogP contribution in [0.15, 0.2) is 0 Å². The largest absolute Gasteiger partial charge is 0.353 e. The second kappa shape index (κ2) is 9.91. The molecule has 3 unspecified atom stereocenters. The molecule has 0 bridgehead atoms. The summed E-state index contributed by atoms with van der Waals surface area (Å²) in [6, 6.07) is -3.01. The maximum absolute atomic E-state index is 13.9. The first-order valence-electron chi connectivity index (χ1n) is 13.3. The van der Waals surface area contributed by atoms with Gasteiger partial charge in [-0.05, 0) is 55.8 Å². The number of likely N-dealkylation sites (N-methyl/N-ethyl adjacent to an activating group) is 1. The number of piperidine rings is 1. The van der Waals surface area contributed by atoms with Gasteiger partial charge in [-0.15, -0.1) is 0 Å². The number of likely N-dealkylation sites (tertiary alicyclic amines) is 1. The number of hydrogen-bond acceptors (Lipinski definition) is 5. The molecule has 10 heteroatoms. The van der Waals surface area contributed by atoms with Gasteiger partial charge in [-0.2, -0.15) is 0 Å². The van der Waals surface area contributed by atoms with E-state index in [0.717, 1.165) is 12.8 Å². The predicted molar refractivity (Wildman–Crippen MR) is 139 cm³/mol. The van der Waals surface area contributed by atoms with Crippen LogP contribution in [0.2, 0.25) is 0 Å². The van der Waals surface area contributed by atoms with E-state index < -0.39 is 52.7 Å². The van der Waals surface area contributed by atoms with Crippen molar-refractivity contribution in [1.82, 2.24) is 26.2 Å². The third-order valence-electron chi connectivity index (χ3n) is 7.99. The van der Waals surface area contributed by atoms with Gasteiger partial charge in [-0.1, -0.05) is 47.5 Å². The summed E-state index contributed by atoms with van der Waals surface area (Å²) >= 11 is 0. The lowest BCUT2D eigenvalue weighted by atomic mass is 9.85. The molecule has 4 N–H and O–H groups in total. The maximum Gasteiger partial charge on any atom is 0.315 e. The molecule has 2 aliphatic carbocycles. The summed E-state index contributed by atoms with van der Waals surface area (Å²) in [6.07, 6.45) is 2.35. The van der Waals surface area contributed by atoms with Crippen LogP contribution in [0, 0.1) is 28.6 Å². The van der Waals surface area contributed by atoms with Crippen molar-refractivity contribution >= 4 is 29.5 Å². The Labute approximate surface area is 220 Å². The summed E-state index contributed by atoms with van der Waals surface area (Å²) < 4.78 is 0. The average molecular weight is 520 g/mol. The van der Waals surface area contributed by atoms with Gasteiger partial charge in [0.05, 0.1) is 6.04 Å². The van der Waals surface area contributed by atoms with Crippen LogP contribution in [-0.2, 0) is 19.2 Å². The highest BCUT2D eigenvalue weighted by atomic mass is 16.2. The lowest BCUT2D eigenvalue weighted by molar-refractivity contribution is -0.145. The molecule has 3 rings (SSSR count). The van der Waals surface area contributed by atoms with E-state index in [9.17, 15) is 24.0 Å². The average Bonchev–Trinajstić information content (AvgIpc) is 3.60. The number of carbonyl (C=O) groups excluding carboxylic acids is 5. The Morgan fingerprint density at radius 1 is 0.973 bits per heavy atom. The second-order valence-electron chi connectivity index (χ2n) is 13.7. The van der Waals surface area contributed by atoms with E-state index in [4.69, 9.17) is 0 Å². The Hall–Kier alpha value is -2.65. The number of rotatable bonds is 8. The minimum atomic E-state index is -0.924. The molecule has 1 saturated heterocycles. The van der Waals surface area contributed by atoms with Crippen LogP contribution in [0.3, 0.4) is 0 Å². The molecule has 208 valence electrons. The van der Waals surface area contributed by atoms with Gasteiger partial charge in [0.2, 0.25) is 17.6 Å². The first kappa shape index (κ1) is 28.9. The zero-order valence-corrected chi connectivity index (χ0v) is 23.8. The highest BCUT2D eigenvalue weighted by Crippen LogP contribution is 2.65. The summed E-state index contributed by atoms with van der Waals surface area (Å²) in [5.41, 5.74) is -1.21. The molecule has 0 aromatic heterocycles. The number of nitrogens with one attached hydrogen (secondary N) is 4. The fraction of sp³-hybridized carbons (Fsp3) is 0.815. The Bertz CT molecular complexity index is 959. The zero-order chi connectivity index (χ0) is 28.1. The van der Waals surface area contributed by atoms with Crippen molar-refractivity contribution in [3.63, 3.8) is 0 Å². The molecule has 1 aliphatic heterocycles. The Kier molecular flexibility index (Phi) is 7.74. The van der Waals surface area contributed by atoms with Gasteiger partial charge in [0, 0.05) is 19.1 Å². The molecule has 0 aromatic carbocycles. The van der Waals surface area contributed by atoms with Crippen LogP contribution in [0.4, 0.5) is 4.79 Å². The van der Waals surface area contributed by atoms with Gasteiger partial charge < -0.3 is 26.2 Å². The van der Waals surface area contributed by atoms with E-state index in [0.29, 0.717) is 18.9 Å². The third-order valence-corrected chi connectivity index (χ3v) is 7.99. The minimum Gasteiger partial charge on any atom is -0.353 e. The number of hydrogen-bond donors (Lipinski definition) is 4. The van der Waals surface area contributed by atoms with Gasteiger partial charge in [0.1, 0.15) is 12.1 Å². The molecule has 0 spiro atoms. The van der Waals surface area contributed by atoms with Gasteiger partial charge in [0.15, 0.2) is 0 Å². The lowest BCUT2D eigenvalue weighted by Crippen LogP contribution is -2.62. The van der Waals surface area contributed by atoms with Gasteiger partial charge in [-0.3, -0.25) is 19.2 Å². The summed E-state index contributed by atoms with van der Waals surface area (Å²) in [5.74, 6) is -1.75. The van der Waals surface area contributed by atoms with E-state index in [1.807, 2.05) is 41.5 Å². The Balaban J connectivity index is 1.83.